The largest absolute Gasteiger partial charge is 0.338 e. The first kappa shape index (κ1) is 15.0. The predicted molar refractivity (Wildman–Crippen MR) is 79.2 cm³/mol. The normalized spacial score (nSPS) is 19.8. The average Bonchev–Trinajstić information content (AvgIpc) is 2.70. The van der Waals surface area contributed by atoms with Crippen LogP contribution in [0.1, 0.15) is 38.3 Å². The third kappa shape index (κ3) is 3.02. The Morgan fingerprint density at radius 2 is 1.85 bits per heavy atom. The van der Waals surface area contributed by atoms with E-state index in [1.165, 1.54) is 0 Å². The van der Waals surface area contributed by atoms with Crippen molar-refractivity contribution < 1.29 is 0 Å². The molecule has 1 aromatic heterocycles. The van der Waals surface area contributed by atoms with Crippen molar-refractivity contribution in [1.29, 1.82) is 5.26 Å². The van der Waals surface area contributed by atoms with Crippen LogP contribution >= 0.6 is 0 Å². The highest BCUT2D eigenvalue weighted by Gasteiger charge is 2.30. The highest BCUT2D eigenvalue weighted by atomic mass is 15.3. The number of hydrogen-bond acceptors (Lipinski definition) is 4. The molecule has 5 heteroatoms. The second-order valence-electron chi connectivity index (χ2n) is 6.55. The summed E-state index contributed by atoms with van der Waals surface area (Å²) in [5, 5.41) is 9.50. The first-order valence-electron chi connectivity index (χ1n) is 7.21. The van der Waals surface area contributed by atoms with Gasteiger partial charge in [-0.2, -0.15) is 5.26 Å². The molecule has 5 nitrogen and oxygen atoms in total. The Bertz CT molecular complexity index is 478. The van der Waals surface area contributed by atoms with Gasteiger partial charge in [0, 0.05) is 45.0 Å². The van der Waals surface area contributed by atoms with Crippen LogP contribution in [0.4, 0.5) is 0 Å². The predicted octanol–water partition coefficient (Wildman–Crippen LogP) is 1.71. The number of hydrogen-bond donors (Lipinski definition) is 0. The Morgan fingerprint density at radius 3 is 2.25 bits per heavy atom. The Morgan fingerprint density at radius 1 is 1.25 bits per heavy atom. The fourth-order valence-electron chi connectivity index (χ4n) is 2.70. The van der Waals surface area contributed by atoms with E-state index in [1.54, 1.807) is 0 Å². The summed E-state index contributed by atoms with van der Waals surface area (Å²) in [6, 6.07) is 2.19. The van der Waals surface area contributed by atoms with Gasteiger partial charge < -0.3 is 4.57 Å². The number of piperazine rings is 1. The molecule has 2 heterocycles. The van der Waals surface area contributed by atoms with Gasteiger partial charge in [0.05, 0.1) is 11.8 Å². The van der Waals surface area contributed by atoms with E-state index in [-0.39, 0.29) is 11.6 Å². The lowest BCUT2D eigenvalue weighted by Gasteiger charge is -2.43. The number of aromatic nitrogens is 2. The average molecular weight is 275 g/mol. The Balaban J connectivity index is 2.06. The van der Waals surface area contributed by atoms with Crippen LogP contribution in [0.2, 0.25) is 0 Å². The molecule has 0 N–H and O–H groups in total. The minimum absolute atomic E-state index is 0.204. The van der Waals surface area contributed by atoms with Crippen molar-refractivity contribution >= 4 is 0 Å². The summed E-state index contributed by atoms with van der Waals surface area (Å²) < 4.78 is 1.98. The van der Waals surface area contributed by atoms with Crippen LogP contribution in [-0.4, -0.2) is 51.1 Å². The van der Waals surface area contributed by atoms with E-state index in [1.807, 2.05) is 24.7 Å². The van der Waals surface area contributed by atoms with Crippen LogP contribution in [-0.2, 0) is 7.05 Å². The van der Waals surface area contributed by atoms with Crippen molar-refractivity contribution in [3.8, 4) is 6.07 Å². The Hall–Kier alpha value is -1.38. The fraction of sp³-hybridized carbons (Fsp3) is 0.733. The third-order valence-corrected chi connectivity index (χ3v) is 4.16. The van der Waals surface area contributed by atoms with Crippen molar-refractivity contribution in [3.05, 3.63) is 17.7 Å². The summed E-state index contributed by atoms with van der Waals surface area (Å²) in [7, 11) is 1.97. The lowest BCUT2D eigenvalue weighted by atomic mass is 10.0. The van der Waals surface area contributed by atoms with E-state index < -0.39 is 0 Å². The lowest BCUT2D eigenvalue weighted by Crippen LogP contribution is -2.53. The van der Waals surface area contributed by atoms with Crippen LogP contribution in [0, 0.1) is 18.3 Å². The van der Waals surface area contributed by atoms with Gasteiger partial charge in [0.15, 0.2) is 0 Å². The van der Waals surface area contributed by atoms with Crippen LogP contribution in [0.15, 0.2) is 6.20 Å². The number of rotatable bonds is 2. The fourth-order valence-corrected chi connectivity index (χ4v) is 2.70. The van der Waals surface area contributed by atoms with E-state index in [4.69, 9.17) is 0 Å². The molecule has 1 aliphatic heterocycles. The lowest BCUT2D eigenvalue weighted by molar-refractivity contribution is 0.0513. The summed E-state index contributed by atoms with van der Waals surface area (Å²) in [5.41, 5.74) is 1.08. The maximum absolute atomic E-state index is 9.50. The molecule has 1 unspecified atom stereocenters. The molecule has 20 heavy (non-hydrogen) atoms. The van der Waals surface area contributed by atoms with Crippen LogP contribution in [0.5, 0.6) is 0 Å². The first-order valence-corrected chi connectivity index (χ1v) is 7.21. The molecule has 1 aromatic rings. The van der Waals surface area contributed by atoms with Gasteiger partial charge in [0.25, 0.3) is 0 Å². The molecule has 1 fully saturated rings. The Kier molecular flexibility index (Phi) is 4.17. The zero-order valence-electron chi connectivity index (χ0n) is 13.2. The van der Waals surface area contributed by atoms with Gasteiger partial charge in [0.2, 0.25) is 0 Å². The summed E-state index contributed by atoms with van der Waals surface area (Å²) in [6.07, 6.45) is 1.97. The summed E-state index contributed by atoms with van der Waals surface area (Å²) in [5.74, 6) is 0.952. The maximum atomic E-state index is 9.50. The molecule has 1 atom stereocenters. The molecule has 0 amide bonds. The zero-order valence-corrected chi connectivity index (χ0v) is 13.2. The molecular formula is C15H25N5. The second-order valence-corrected chi connectivity index (χ2v) is 6.55. The van der Waals surface area contributed by atoms with E-state index in [2.05, 4.69) is 41.6 Å². The molecule has 2 rings (SSSR count). The van der Waals surface area contributed by atoms with E-state index in [0.717, 1.165) is 37.7 Å². The molecule has 110 valence electrons. The number of aryl methyl sites for hydroxylation is 2. The topological polar surface area (TPSA) is 48.1 Å². The van der Waals surface area contributed by atoms with Gasteiger partial charge >= 0.3 is 0 Å². The quantitative estimate of drug-likeness (QED) is 0.824. The molecule has 1 aliphatic rings. The molecule has 0 radical (unpaired) electrons. The molecule has 0 spiro atoms. The Labute approximate surface area is 121 Å². The zero-order chi connectivity index (χ0) is 14.9. The monoisotopic (exact) mass is 275 g/mol. The van der Waals surface area contributed by atoms with Gasteiger partial charge in [-0.1, -0.05) is 0 Å². The molecule has 0 aromatic carbocycles. The number of imidazole rings is 1. The first-order chi connectivity index (χ1) is 9.32. The van der Waals surface area contributed by atoms with Crippen LogP contribution < -0.4 is 0 Å². The minimum Gasteiger partial charge on any atom is -0.338 e. The standard InChI is InChI=1S/C15H25N5/c1-12-17-13(11-18(12)5)14(10-16)19-6-8-20(9-7-19)15(2,3)4/h11,14H,6-9H2,1-5H3. The minimum atomic E-state index is -0.225. The SMILES string of the molecule is Cc1nc(C(C#N)N2CCN(C(C)(C)C)CC2)cn1C. The van der Waals surface area contributed by atoms with Crippen LogP contribution in [0.25, 0.3) is 0 Å². The van der Waals surface area contributed by atoms with Crippen molar-refractivity contribution in [2.75, 3.05) is 26.2 Å². The number of nitrogens with zero attached hydrogens (tertiary/aromatic N) is 5. The molecule has 0 saturated carbocycles. The van der Waals surface area contributed by atoms with Gasteiger partial charge in [-0.15, -0.1) is 0 Å². The van der Waals surface area contributed by atoms with Crippen LogP contribution in [0.3, 0.4) is 0 Å². The molecule has 1 saturated heterocycles. The highest BCUT2D eigenvalue weighted by molar-refractivity contribution is 5.16. The van der Waals surface area contributed by atoms with Crippen molar-refractivity contribution in [2.24, 2.45) is 7.05 Å². The van der Waals surface area contributed by atoms with Crippen molar-refractivity contribution in [2.45, 2.75) is 39.3 Å². The van der Waals surface area contributed by atoms with E-state index in [0.29, 0.717) is 0 Å². The van der Waals surface area contributed by atoms with Gasteiger partial charge in [-0.05, 0) is 27.7 Å². The second kappa shape index (κ2) is 5.55. The summed E-state index contributed by atoms with van der Waals surface area (Å²) >= 11 is 0. The molecule has 0 aliphatic carbocycles. The third-order valence-electron chi connectivity index (χ3n) is 4.16. The smallest absolute Gasteiger partial charge is 0.142 e. The summed E-state index contributed by atoms with van der Waals surface area (Å²) in [4.78, 5) is 9.22. The molecular weight excluding hydrogens is 250 g/mol. The van der Waals surface area contributed by atoms with Crippen molar-refractivity contribution in [1.82, 2.24) is 19.4 Å². The van der Waals surface area contributed by atoms with Gasteiger partial charge in [-0.25, -0.2) is 4.98 Å². The van der Waals surface area contributed by atoms with E-state index in [9.17, 15) is 5.26 Å². The number of nitriles is 1. The summed E-state index contributed by atoms with van der Waals surface area (Å²) in [6.45, 7) is 12.6. The maximum Gasteiger partial charge on any atom is 0.142 e. The van der Waals surface area contributed by atoms with Crippen molar-refractivity contribution in [3.63, 3.8) is 0 Å². The van der Waals surface area contributed by atoms with Gasteiger partial charge in [0.1, 0.15) is 11.9 Å². The van der Waals surface area contributed by atoms with Gasteiger partial charge in [-0.3, -0.25) is 9.80 Å². The molecule has 0 bridgehead atoms. The highest BCUT2D eigenvalue weighted by Crippen LogP contribution is 2.23. The van der Waals surface area contributed by atoms with E-state index >= 15 is 0 Å².